The maximum absolute atomic E-state index is 12.4. The summed E-state index contributed by atoms with van der Waals surface area (Å²) in [5.74, 6) is -1.05. The van der Waals surface area contributed by atoms with Gasteiger partial charge in [-0.3, -0.25) is 9.59 Å². The van der Waals surface area contributed by atoms with Crippen LogP contribution in [0.4, 0.5) is 5.69 Å². The summed E-state index contributed by atoms with van der Waals surface area (Å²) in [4.78, 5) is 24.6. The first-order chi connectivity index (χ1) is 13.6. The molecule has 0 fully saturated rings. The summed E-state index contributed by atoms with van der Waals surface area (Å²) in [6.07, 6.45) is -0.863. The molecule has 1 N–H and O–H groups in total. The third-order valence-electron chi connectivity index (χ3n) is 4.40. The average molecular weight is 419 g/mol. The van der Waals surface area contributed by atoms with Gasteiger partial charge in [0.2, 0.25) is 10.0 Å². The van der Waals surface area contributed by atoms with Gasteiger partial charge in [-0.1, -0.05) is 43.3 Å². The highest BCUT2D eigenvalue weighted by molar-refractivity contribution is 7.89. The highest BCUT2D eigenvalue weighted by atomic mass is 32.2. The van der Waals surface area contributed by atoms with Gasteiger partial charge in [0.05, 0.1) is 11.3 Å². The fourth-order valence-electron chi connectivity index (χ4n) is 2.64. The van der Waals surface area contributed by atoms with Crippen LogP contribution in [0.1, 0.15) is 31.7 Å². The van der Waals surface area contributed by atoms with E-state index in [0.717, 1.165) is 9.87 Å². The van der Waals surface area contributed by atoms with Crippen molar-refractivity contribution in [3.63, 3.8) is 0 Å². The highest BCUT2D eigenvalue weighted by Gasteiger charge is 2.21. The first-order valence-electron chi connectivity index (χ1n) is 9.19. The van der Waals surface area contributed by atoms with E-state index in [9.17, 15) is 18.0 Å². The minimum absolute atomic E-state index is 0.0353. The Bertz CT molecular complexity index is 958. The molecule has 0 saturated carbocycles. The number of hydrogen-bond acceptors (Lipinski definition) is 5. The normalized spacial score (nSPS) is 13.6. The summed E-state index contributed by atoms with van der Waals surface area (Å²) >= 11 is 0. The van der Waals surface area contributed by atoms with Crippen molar-refractivity contribution < 1.29 is 22.7 Å². The number of benzene rings is 2. The first kappa shape index (κ1) is 22.6. The number of hydrogen-bond donors (Lipinski definition) is 1. The molecule has 0 spiro atoms. The van der Waals surface area contributed by atoms with Crippen LogP contribution in [0.5, 0.6) is 0 Å². The molecule has 2 atom stereocenters. The Morgan fingerprint density at radius 3 is 2.31 bits per heavy atom. The zero-order valence-electron chi connectivity index (χ0n) is 17.0. The molecule has 8 heteroatoms. The molecule has 0 saturated heterocycles. The van der Waals surface area contributed by atoms with E-state index in [0.29, 0.717) is 5.69 Å². The zero-order valence-corrected chi connectivity index (χ0v) is 17.8. The number of anilines is 1. The number of nitrogens with zero attached hydrogens (tertiary/aromatic N) is 1. The Hall–Kier alpha value is -2.71. The molecule has 0 aliphatic heterocycles. The Kier molecular flexibility index (Phi) is 7.53. The van der Waals surface area contributed by atoms with Crippen molar-refractivity contribution in [3.05, 3.63) is 60.2 Å². The zero-order chi connectivity index (χ0) is 21.6. The molecule has 0 aliphatic rings. The smallest absolute Gasteiger partial charge is 0.307 e. The lowest BCUT2D eigenvalue weighted by atomic mass is 9.98. The van der Waals surface area contributed by atoms with E-state index in [4.69, 9.17) is 4.74 Å². The molecule has 156 valence electrons. The van der Waals surface area contributed by atoms with Gasteiger partial charge in [0, 0.05) is 19.8 Å². The second kappa shape index (κ2) is 9.67. The van der Waals surface area contributed by atoms with Crippen molar-refractivity contribution in [2.45, 2.75) is 37.2 Å². The second-order valence-corrected chi connectivity index (χ2v) is 9.10. The number of rotatable bonds is 8. The molecule has 0 heterocycles. The van der Waals surface area contributed by atoms with Crippen molar-refractivity contribution >= 4 is 27.6 Å². The third kappa shape index (κ3) is 6.13. The van der Waals surface area contributed by atoms with Crippen LogP contribution in [0.3, 0.4) is 0 Å². The molecule has 0 radical (unpaired) electrons. The fraction of sp³-hybridized carbons (Fsp3) is 0.333. The SMILES string of the molecule is C[C@H](OC(=O)C[C@@H](C)c1ccccc1)C(=O)Nc1cccc(S(=O)(=O)N(C)C)c1. The predicted octanol–water partition coefficient (Wildman–Crippen LogP) is 3.00. The van der Waals surface area contributed by atoms with Crippen LogP contribution in [-0.2, 0) is 24.3 Å². The molecule has 7 nitrogen and oxygen atoms in total. The number of amides is 1. The van der Waals surface area contributed by atoms with Gasteiger partial charge in [0.15, 0.2) is 6.10 Å². The minimum atomic E-state index is -3.62. The van der Waals surface area contributed by atoms with Crippen molar-refractivity contribution in [3.8, 4) is 0 Å². The number of esters is 1. The van der Waals surface area contributed by atoms with E-state index in [1.54, 1.807) is 6.07 Å². The lowest BCUT2D eigenvalue weighted by molar-refractivity contribution is -0.153. The van der Waals surface area contributed by atoms with E-state index in [2.05, 4.69) is 5.32 Å². The Morgan fingerprint density at radius 2 is 1.69 bits per heavy atom. The summed E-state index contributed by atoms with van der Waals surface area (Å²) in [7, 11) is -0.759. The number of carbonyl (C=O) groups excluding carboxylic acids is 2. The van der Waals surface area contributed by atoms with Crippen LogP contribution in [0.25, 0.3) is 0 Å². The van der Waals surface area contributed by atoms with Gasteiger partial charge < -0.3 is 10.1 Å². The van der Waals surface area contributed by atoms with Crippen molar-refractivity contribution in [1.29, 1.82) is 0 Å². The van der Waals surface area contributed by atoms with Crippen LogP contribution < -0.4 is 5.32 Å². The summed E-state index contributed by atoms with van der Waals surface area (Å²) in [6.45, 7) is 3.39. The molecule has 0 unspecified atom stereocenters. The predicted molar refractivity (Wildman–Crippen MR) is 111 cm³/mol. The molecule has 2 rings (SSSR count). The van der Waals surface area contributed by atoms with E-state index >= 15 is 0 Å². The highest BCUT2D eigenvalue weighted by Crippen LogP contribution is 2.20. The largest absolute Gasteiger partial charge is 0.453 e. The van der Waals surface area contributed by atoms with E-state index in [1.807, 2.05) is 37.3 Å². The Morgan fingerprint density at radius 1 is 1.03 bits per heavy atom. The lowest BCUT2D eigenvalue weighted by Gasteiger charge is -2.16. The van der Waals surface area contributed by atoms with Crippen LogP contribution >= 0.6 is 0 Å². The Labute approximate surface area is 171 Å². The van der Waals surface area contributed by atoms with Gasteiger partial charge in [-0.15, -0.1) is 0 Å². The maximum Gasteiger partial charge on any atom is 0.307 e. The van der Waals surface area contributed by atoms with Crippen molar-refractivity contribution in [2.24, 2.45) is 0 Å². The summed E-state index contributed by atoms with van der Waals surface area (Å²) in [5.41, 5.74) is 1.32. The maximum atomic E-state index is 12.4. The fourth-order valence-corrected chi connectivity index (χ4v) is 3.59. The van der Waals surface area contributed by atoms with Gasteiger partial charge >= 0.3 is 5.97 Å². The number of ether oxygens (including phenoxy) is 1. The lowest BCUT2D eigenvalue weighted by Crippen LogP contribution is -2.30. The van der Waals surface area contributed by atoms with Crippen molar-refractivity contribution in [2.75, 3.05) is 19.4 Å². The molecule has 2 aromatic carbocycles. The summed E-state index contributed by atoms with van der Waals surface area (Å²) < 4.78 is 30.7. The standard InChI is InChI=1S/C21H26N2O5S/c1-15(17-9-6-5-7-10-17)13-20(24)28-16(2)21(25)22-18-11-8-12-19(14-18)29(26,27)23(3)4/h5-12,14-16H,13H2,1-4H3,(H,22,25)/t15-,16+/m1/s1. The van der Waals surface area contributed by atoms with E-state index in [-0.39, 0.29) is 17.2 Å². The third-order valence-corrected chi connectivity index (χ3v) is 6.21. The number of sulfonamides is 1. The monoisotopic (exact) mass is 418 g/mol. The molecular weight excluding hydrogens is 392 g/mol. The van der Waals surface area contributed by atoms with Crippen LogP contribution in [0, 0.1) is 0 Å². The molecule has 0 bridgehead atoms. The second-order valence-electron chi connectivity index (χ2n) is 6.95. The number of nitrogens with one attached hydrogen (secondary N) is 1. The van der Waals surface area contributed by atoms with Gasteiger partial charge in [-0.2, -0.15) is 0 Å². The Balaban J connectivity index is 1.96. The quantitative estimate of drug-likeness (QED) is 0.665. The summed E-state index contributed by atoms with van der Waals surface area (Å²) in [5, 5.41) is 2.58. The van der Waals surface area contributed by atoms with Crippen LogP contribution in [0.2, 0.25) is 0 Å². The number of carbonyl (C=O) groups is 2. The molecule has 29 heavy (non-hydrogen) atoms. The molecule has 2 aromatic rings. The van der Waals surface area contributed by atoms with Gasteiger partial charge in [-0.25, -0.2) is 12.7 Å². The summed E-state index contributed by atoms with van der Waals surface area (Å²) in [6, 6.07) is 15.5. The molecule has 0 aromatic heterocycles. The topological polar surface area (TPSA) is 92.8 Å². The van der Waals surface area contributed by atoms with Crippen LogP contribution in [0.15, 0.2) is 59.5 Å². The first-order valence-corrected chi connectivity index (χ1v) is 10.6. The van der Waals surface area contributed by atoms with E-state index in [1.165, 1.54) is 39.2 Å². The van der Waals surface area contributed by atoms with Gasteiger partial charge in [0.25, 0.3) is 5.91 Å². The van der Waals surface area contributed by atoms with Crippen LogP contribution in [-0.4, -0.2) is 44.8 Å². The van der Waals surface area contributed by atoms with Gasteiger partial charge in [-0.05, 0) is 36.6 Å². The van der Waals surface area contributed by atoms with Gasteiger partial charge in [0.1, 0.15) is 0 Å². The van der Waals surface area contributed by atoms with Crippen molar-refractivity contribution in [1.82, 2.24) is 4.31 Å². The molecule has 0 aliphatic carbocycles. The molecule has 1 amide bonds. The average Bonchev–Trinajstić information content (AvgIpc) is 2.68. The minimum Gasteiger partial charge on any atom is -0.453 e. The molecular formula is C21H26N2O5S. The van der Waals surface area contributed by atoms with E-state index < -0.39 is 28.0 Å².